The van der Waals surface area contributed by atoms with Gasteiger partial charge >= 0.3 is 5.97 Å². The molecule has 0 atom stereocenters. The molecule has 0 aliphatic heterocycles. The number of hydrogen-bond donors (Lipinski definition) is 0. The fraction of sp³-hybridized carbons (Fsp3) is 0.318. The molecule has 0 N–H and O–H groups in total. The molecule has 2 aromatic carbocycles. The molecule has 0 radical (unpaired) electrons. The minimum absolute atomic E-state index is 0.0782. The van der Waals surface area contributed by atoms with E-state index in [1.54, 1.807) is 29.7 Å². The molecule has 0 bridgehead atoms. The van der Waals surface area contributed by atoms with Crippen molar-refractivity contribution in [1.29, 1.82) is 0 Å². The maximum Gasteiger partial charge on any atom is 0.326 e. The molecule has 164 valence electrons. The number of aromatic nitrogens is 1. The molecule has 9 heteroatoms. The van der Waals surface area contributed by atoms with Crippen LogP contribution in [0.1, 0.15) is 24.5 Å². The van der Waals surface area contributed by atoms with E-state index in [1.165, 1.54) is 23.5 Å². The summed E-state index contributed by atoms with van der Waals surface area (Å²) in [7, 11) is -3.58. The molecule has 1 aromatic heterocycles. The molecule has 0 aliphatic rings. The number of ether oxygens (including phenoxy) is 1. The van der Waals surface area contributed by atoms with E-state index in [-0.39, 0.29) is 30.2 Å². The van der Waals surface area contributed by atoms with E-state index in [9.17, 15) is 18.0 Å². The summed E-state index contributed by atoms with van der Waals surface area (Å²) in [5.74, 6) is -1.32. The van der Waals surface area contributed by atoms with Crippen molar-refractivity contribution in [2.75, 3.05) is 12.4 Å². The Kier molecular flexibility index (Phi) is 7.07. The Bertz CT molecular complexity index is 1290. The molecule has 3 aromatic rings. The molecule has 1 heterocycles. The minimum Gasteiger partial charge on any atom is -0.465 e. The zero-order valence-electron chi connectivity index (χ0n) is 17.6. The fourth-order valence-electron chi connectivity index (χ4n) is 3.22. The largest absolute Gasteiger partial charge is 0.465 e. The van der Waals surface area contributed by atoms with Crippen LogP contribution in [0.5, 0.6) is 0 Å². The number of benzene rings is 2. The predicted molar refractivity (Wildman–Crippen MR) is 120 cm³/mol. The van der Waals surface area contributed by atoms with Crippen molar-refractivity contribution in [1.82, 2.24) is 4.57 Å². The van der Waals surface area contributed by atoms with Crippen molar-refractivity contribution < 1.29 is 22.7 Å². The van der Waals surface area contributed by atoms with Crippen molar-refractivity contribution in [2.24, 2.45) is 4.99 Å². The van der Waals surface area contributed by atoms with Gasteiger partial charge in [-0.25, -0.2) is 8.42 Å². The molecule has 0 unspecified atom stereocenters. The van der Waals surface area contributed by atoms with Crippen LogP contribution in [-0.4, -0.2) is 37.2 Å². The normalized spacial score (nSPS) is 12.3. The third kappa shape index (κ3) is 5.48. The van der Waals surface area contributed by atoms with Gasteiger partial charge in [0.2, 0.25) is 5.91 Å². The Morgan fingerprint density at radius 1 is 1.13 bits per heavy atom. The first-order valence-corrected chi connectivity index (χ1v) is 12.3. The number of aryl methyl sites for hydroxylation is 2. The number of nitrogens with zero attached hydrogens (tertiary/aromatic N) is 2. The predicted octanol–water partition coefficient (Wildman–Crippen LogP) is 3.17. The second-order valence-corrected chi connectivity index (χ2v) is 10.2. The van der Waals surface area contributed by atoms with Gasteiger partial charge in [-0.15, -0.1) is 0 Å². The van der Waals surface area contributed by atoms with E-state index in [0.717, 1.165) is 21.3 Å². The van der Waals surface area contributed by atoms with Crippen LogP contribution < -0.4 is 4.80 Å². The molecule has 0 saturated carbocycles. The minimum atomic E-state index is -3.58. The number of sulfone groups is 1. The molecule has 7 nitrogen and oxygen atoms in total. The smallest absolute Gasteiger partial charge is 0.326 e. The highest BCUT2D eigenvalue weighted by atomic mass is 32.2. The highest BCUT2D eigenvalue weighted by Gasteiger charge is 2.17. The van der Waals surface area contributed by atoms with Crippen LogP contribution in [0, 0.1) is 13.8 Å². The van der Waals surface area contributed by atoms with E-state index in [1.807, 2.05) is 26.0 Å². The summed E-state index contributed by atoms with van der Waals surface area (Å²) in [4.78, 5) is 29.3. The molecule has 1 amide bonds. The molecule has 3 rings (SSSR count). The van der Waals surface area contributed by atoms with Crippen molar-refractivity contribution in [3.05, 3.63) is 58.4 Å². The molecular weight excluding hydrogens is 436 g/mol. The maximum atomic E-state index is 12.5. The van der Waals surface area contributed by atoms with E-state index in [4.69, 9.17) is 4.74 Å². The Labute approximate surface area is 184 Å². The van der Waals surface area contributed by atoms with Crippen LogP contribution in [0.4, 0.5) is 0 Å². The Morgan fingerprint density at radius 3 is 2.52 bits per heavy atom. The molecule has 0 spiro atoms. The van der Waals surface area contributed by atoms with Crippen LogP contribution in [0.15, 0.2) is 52.4 Å². The first-order chi connectivity index (χ1) is 14.7. The third-order valence-corrected chi connectivity index (χ3v) is 7.58. The number of hydrogen-bond acceptors (Lipinski definition) is 6. The van der Waals surface area contributed by atoms with Crippen molar-refractivity contribution in [3.8, 4) is 0 Å². The van der Waals surface area contributed by atoms with Crippen LogP contribution in [0.25, 0.3) is 10.2 Å². The van der Waals surface area contributed by atoms with Gasteiger partial charge in [0.05, 0.1) is 27.5 Å². The average molecular weight is 461 g/mol. The first-order valence-electron chi connectivity index (χ1n) is 9.83. The molecule has 0 fully saturated rings. The van der Waals surface area contributed by atoms with Crippen LogP contribution in [-0.2, 0) is 30.7 Å². The summed E-state index contributed by atoms with van der Waals surface area (Å²) in [6.45, 7) is 5.81. The first kappa shape index (κ1) is 22.9. The molecular formula is C22H24N2O5S2. The van der Waals surface area contributed by atoms with Crippen molar-refractivity contribution >= 4 is 43.3 Å². The SMILES string of the molecule is CCOC(=O)Cn1c(=NC(=O)CCS(=O)(=O)c2ccccc2)sc2c(C)cc(C)cc21. The van der Waals surface area contributed by atoms with Gasteiger partial charge in [0.15, 0.2) is 14.6 Å². The summed E-state index contributed by atoms with van der Waals surface area (Å²) in [6, 6.07) is 12.0. The highest BCUT2D eigenvalue weighted by molar-refractivity contribution is 7.91. The second-order valence-electron chi connectivity index (χ2n) is 7.09. The maximum absolute atomic E-state index is 12.5. The lowest BCUT2D eigenvalue weighted by Crippen LogP contribution is -2.23. The summed E-state index contributed by atoms with van der Waals surface area (Å²) >= 11 is 1.30. The number of carbonyl (C=O) groups is 2. The van der Waals surface area contributed by atoms with Gasteiger partial charge in [-0.3, -0.25) is 9.59 Å². The van der Waals surface area contributed by atoms with Crippen molar-refractivity contribution in [2.45, 2.75) is 38.6 Å². The molecule has 31 heavy (non-hydrogen) atoms. The number of fused-ring (bicyclic) bond motifs is 1. The van der Waals surface area contributed by atoms with Gasteiger partial charge < -0.3 is 9.30 Å². The van der Waals surface area contributed by atoms with E-state index >= 15 is 0 Å². The van der Waals surface area contributed by atoms with Crippen LogP contribution in [0.3, 0.4) is 0 Å². The monoisotopic (exact) mass is 460 g/mol. The number of rotatable bonds is 7. The summed E-state index contributed by atoms with van der Waals surface area (Å²) in [5.41, 5.74) is 2.82. The third-order valence-electron chi connectivity index (χ3n) is 4.61. The van der Waals surface area contributed by atoms with Gasteiger partial charge in [0.25, 0.3) is 0 Å². The Hall–Kier alpha value is -2.78. The molecule has 0 aliphatic carbocycles. The van der Waals surface area contributed by atoms with Crippen LogP contribution in [0.2, 0.25) is 0 Å². The summed E-state index contributed by atoms with van der Waals surface area (Å²) in [6.07, 6.45) is -0.247. The zero-order valence-corrected chi connectivity index (χ0v) is 19.3. The standard InChI is InChI=1S/C22H24N2O5S2/c1-4-29-20(26)14-24-18-13-15(2)12-16(3)21(18)30-22(24)23-19(25)10-11-31(27,28)17-8-6-5-7-9-17/h5-9,12-13H,4,10-11,14H2,1-3H3. The van der Waals surface area contributed by atoms with Gasteiger partial charge in [0, 0.05) is 6.42 Å². The average Bonchev–Trinajstić information content (AvgIpc) is 3.05. The van der Waals surface area contributed by atoms with E-state index in [2.05, 4.69) is 4.99 Å². The van der Waals surface area contributed by atoms with Crippen LogP contribution >= 0.6 is 11.3 Å². The number of thiazole rings is 1. The lowest BCUT2D eigenvalue weighted by molar-refractivity contribution is -0.143. The second kappa shape index (κ2) is 9.57. The van der Waals surface area contributed by atoms with Gasteiger partial charge in [-0.2, -0.15) is 4.99 Å². The number of amides is 1. The van der Waals surface area contributed by atoms with E-state index < -0.39 is 21.7 Å². The van der Waals surface area contributed by atoms with Gasteiger partial charge in [-0.1, -0.05) is 35.6 Å². The lowest BCUT2D eigenvalue weighted by atomic mass is 10.1. The fourth-order valence-corrected chi connectivity index (χ4v) is 5.56. The van der Waals surface area contributed by atoms with E-state index in [0.29, 0.717) is 4.80 Å². The van der Waals surface area contributed by atoms with Gasteiger partial charge in [0.1, 0.15) is 6.54 Å². The Balaban J connectivity index is 1.94. The van der Waals surface area contributed by atoms with Gasteiger partial charge in [-0.05, 0) is 50.1 Å². The number of esters is 1. The summed E-state index contributed by atoms with van der Waals surface area (Å²) < 4.78 is 32.5. The van der Waals surface area contributed by atoms with Crippen molar-refractivity contribution in [3.63, 3.8) is 0 Å². The molecule has 0 saturated heterocycles. The zero-order chi connectivity index (χ0) is 22.6. The topological polar surface area (TPSA) is 94.8 Å². The highest BCUT2D eigenvalue weighted by Crippen LogP contribution is 2.23. The Morgan fingerprint density at radius 2 is 1.84 bits per heavy atom. The lowest BCUT2D eigenvalue weighted by Gasteiger charge is -2.06. The summed E-state index contributed by atoms with van der Waals surface area (Å²) in [5, 5.41) is 0. The quantitative estimate of drug-likeness (QED) is 0.505. The number of carbonyl (C=O) groups excluding carboxylic acids is 2.